The van der Waals surface area contributed by atoms with E-state index >= 15 is 0 Å². The maximum atomic E-state index is 12.3. The van der Waals surface area contributed by atoms with Crippen molar-refractivity contribution in [2.24, 2.45) is 11.8 Å². The molecule has 1 aliphatic carbocycles. The summed E-state index contributed by atoms with van der Waals surface area (Å²) < 4.78 is 6.55. The summed E-state index contributed by atoms with van der Waals surface area (Å²) in [5.74, 6) is 1.33. The number of amides is 1. The quantitative estimate of drug-likeness (QED) is 0.831. The summed E-state index contributed by atoms with van der Waals surface area (Å²) in [6.07, 6.45) is 9.77. The monoisotopic (exact) mass is 374 g/mol. The van der Waals surface area contributed by atoms with Crippen molar-refractivity contribution in [3.8, 4) is 0 Å². The van der Waals surface area contributed by atoms with Gasteiger partial charge in [-0.25, -0.2) is 0 Å². The van der Waals surface area contributed by atoms with E-state index in [0.29, 0.717) is 24.4 Å². The number of nitrogens with zero attached hydrogens (tertiary/aromatic N) is 1. The maximum absolute atomic E-state index is 12.3. The van der Waals surface area contributed by atoms with Gasteiger partial charge < -0.3 is 10.1 Å². The highest BCUT2D eigenvalue weighted by atomic mass is 32.1. The Labute approximate surface area is 160 Å². The van der Waals surface area contributed by atoms with E-state index in [0.717, 1.165) is 25.6 Å². The lowest BCUT2D eigenvalue weighted by Gasteiger charge is -2.29. The molecule has 142 valence electrons. The fourth-order valence-corrected chi connectivity index (χ4v) is 6.76. The van der Waals surface area contributed by atoms with E-state index < -0.39 is 0 Å². The smallest absolute Gasteiger partial charge is 0.220 e. The number of aryl methyl sites for hydroxylation is 1. The Morgan fingerprint density at radius 1 is 1.35 bits per heavy atom. The van der Waals surface area contributed by atoms with Crippen LogP contribution < -0.4 is 5.32 Å². The SMILES string of the molecule is O=C(CCc1ccsc1)NC[C@H]1[C@H]2CN(C3CCCC3)C[C@]23CC[C@H]1O3. The minimum absolute atomic E-state index is 0.110. The van der Waals surface area contributed by atoms with Crippen LogP contribution in [-0.2, 0) is 16.0 Å². The van der Waals surface area contributed by atoms with Gasteiger partial charge in [-0.15, -0.1) is 0 Å². The van der Waals surface area contributed by atoms with E-state index in [-0.39, 0.29) is 11.5 Å². The van der Waals surface area contributed by atoms with E-state index in [1.54, 1.807) is 11.3 Å². The second-order valence-corrected chi connectivity index (χ2v) is 9.61. The molecule has 4 heterocycles. The fraction of sp³-hybridized carbons (Fsp3) is 0.762. The normalized spacial score (nSPS) is 36.7. The van der Waals surface area contributed by atoms with Gasteiger partial charge in [-0.05, 0) is 54.5 Å². The molecule has 2 bridgehead atoms. The molecule has 1 aromatic heterocycles. The van der Waals surface area contributed by atoms with Crippen LogP contribution in [0, 0.1) is 11.8 Å². The van der Waals surface area contributed by atoms with Crippen molar-refractivity contribution in [3.63, 3.8) is 0 Å². The molecule has 0 radical (unpaired) electrons. The third-order valence-corrected chi connectivity index (χ3v) is 8.14. The zero-order valence-corrected chi connectivity index (χ0v) is 16.3. The van der Waals surface area contributed by atoms with Gasteiger partial charge in [0.1, 0.15) is 0 Å². The molecule has 1 N–H and O–H groups in total. The molecule has 1 amide bonds. The average molecular weight is 375 g/mol. The number of thiophene rings is 1. The summed E-state index contributed by atoms with van der Waals surface area (Å²) >= 11 is 1.70. The Bertz CT molecular complexity index is 642. The van der Waals surface area contributed by atoms with E-state index in [9.17, 15) is 4.79 Å². The van der Waals surface area contributed by atoms with Crippen LogP contribution >= 0.6 is 11.3 Å². The fourth-order valence-electron chi connectivity index (χ4n) is 6.06. The van der Waals surface area contributed by atoms with E-state index in [2.05, 4.69) is 27.0 Å². The van der Waals surface area contributed by atoms with Gasteiger partial charge in [-0.2, -0.15) is 11.3 Å². The molecule has 0 unspecified atom stereocenters. The van der Waals surface area contributed by atoms with Gasteiger partial charge in [0.2, 0.25) is 5.91 Å². The Kier molecular flexibility index (Phi) is 4.58. The number of likely N-dealkylation sites (tertiary alicyclic amines) is 1. The maximum Gasteiger partial charge on any atom is 0.220 e. The van der Waals surface area contributed by atoms with Gasteiger partial charge >= 0.3 is 0 Å². The van der Waals surface area contributed by atoms with Crippen molar-refractivity contribution in [2.45, 2.75) is 69.1 Å². The number of nitrogens with one attached hydrogen (secondary N) is 1. The highest BCUT2D eigenvalue weighted by Gasteiger charge is 2.63. The largest absolute Gasteiger partial charge is 0.370 e. The third kappa shape index (κ3) is 3.02. The number of fused-ring (bicyclic) bond motifs is 1. The number of ether oxygens (including phenoxy) is 1. The summed E-state index contributed by atoms with van der Waals surface area (Å²) in [6.45, 7) is 3.14. The van der Waals surface area contributed by atoms with Crippen molar-refractivity contribution < 1.29 is 9.53 Å². The molecule has 4 fully saturated rings. The molecular weight excluding hydrogens is 344 g/mol. The molecule has 1 spiro atoms. The molecule has 4 aliphatic rings. The molecule has 4 nitrogen and oxygen atoms in total. The number of rotatable bonds is 6. The Morgan fingerprint density at radius 3 is 3.04 bits per heavy atom. The molecule has 5 rings (SSSR count). The number of carbonyl (C=O) groups is 1. The Balaban J connectivity index is 1.17. The highest BCUT2D eigenvalue weighted by molar-refractivity contribution is 7.07. The lowest BCUT2D eigenvalue weighted by molar-refractivity contribution is -0.121. The third-order valence-electron chi connectivity index (χ3n) is 7.41. The zero-order chi connectivity index (χ0) is 17.6. The molecule has 1 saturated carbocycles. The van der Waals surface area contributed by atoms with Crippen molar-refractivity contribution in [1.29, 1.82) is 0 Å². The lowest BCUT2D eigenvalue weighted by atomic mass is 9.73. The van der Waals surface area contributed by atoms with Gasteiger partial charge in [0.05, 0.1) is 11.7 Å². The molecule has 5 heteroatoms. The Hall–Kier alpha value is -0.910. The van der Waals surface area contributed by atoms with Gasteiger partial charge in [0, 0.05) is 43.9 Å². The zero-order valence-electron chi connectivity index (χ0n) is 15.5. The second kappa shape index (κ2) is 6.92. The predicted molar refractivity (Wildman–Crippen MR) is 103 cm³/mol. The summed E-state index contributed by atoms with van der Waals surface area (Å²) in [5.41, 5.74) is 1.38. The van der Waals surface area contributed by atoms with E-state index in [1.165, 1.54) is 50.6 Å². The van der Waals surface area contributed by atoms with Crippen molar-refractivity contribution in [1.82, 2.24) is 10.2 Å². The van der Waals surface area contributed by atoms with Crippen molar-refractivity contribution in [3.05, 3.63) is 22.4 Å². The minimum atomic E-state index is 0.110. The van der Waals surface area contributed by atoms with Crippen LogP contribution in [0.3, 0.4) is 0 Å². The number of hydrogen-bond acceptors (Lipinski definition) is 4. The van der Waals surface area contributed by atoms with Gasteiger partial charge in [-0.1, -0.05) is 12.8 Å². The summed E-state index contributed by atoms with van der Waals surface area (Å²) in [7, 11) is 0. The summed E-state index contributed by atoms with van der Waals surface area (Å²) in [6, 6.07) is 2.90. The Morgan fingerprint density at radius 2 is 2.23 bits per heavy atom. The summed E-state index contributed by atoms with van der Waals surface area (Å²) in [4.78, 5) is 15.0. The van der Waals surface area contributed by atoms with Crippen LogP contribution in [0.5, 0.6) is 0 Å². The second-order valence-electron chi connectivity index (χ2n) is 8.83. The van der Waals surface area contributed by atoms with Crippen molar-refractivity contribution >= 4 is 17.2 Å². The first-order valence-corrected chi connectivity index (χ1v) is 11.4. The first-order chi connectivity index (χ1) is 12.7. The van der Waals surface area contributed by atoms with Crippen LogP contribution in [0.1, 0.15) is 50.5 Å². The van der Waals surface area contributed by atoms with Gasteiger partial charge in [-0.3, -0.25) is 9.69 Å². The van der Waals surface area contributed by atoms with Gasteiger partial charge in [0.15, 0.2) is 0 Å². The topological polar surface area (TPSA) is 41.6 Å². The molecule has 3 aliphatic heterocycles. The molecule has 3 saturated heterocycles. The van der Waals surface area contributed by atoms with Crippen LogP contribution in [0.15, 0.2) is 16.8 Å². The van der Waals surface area contributed by atoms with Crippen LogP contribution in [-0.4, -0.2) is 48.2 Å². The first kappa shape index (κ1) is 17.2. The van der Waals surface area contributed by atoms with Crippen LogP contribution in [0.25, 0.3) is 0 Å². The number of carbonyl (C=O) groups excluding carboxylic acids is 1. The van der Waals surface area contributed by atoms with Crippen LogP contribution in [0.2, 0.25) is 0 Å². The molecule has 1 aromatic rings. The van der Waals surface area contributed by atoms with E-state index in [1.807, 2.05) is 0 Å². The first-order valence-electron chi connectivity index (χ1n) is 10.4. The standard InChI is InChI=1S/C21H30N2O2S/c24-20(6-5-15-8-10-26-13-15)22-11-17-18-12-23(16-3-1-2-4-16)14-21(18)9-7-19(17)25-21/h8,10,13,16-19H,1-7,9,11-12,14H2,(H,22,24)/t17-,18+,19+,21+/m0/s1. The molecule has 0 aromatic carbocycles. The molecule has 4 atom stereocenters. The minimum Gasteiger partial charge on any atom is -0.370 e. The number of hydrogen-bond donors (Lipinski definition) is 1. The molecular formula is C21H30N2O2S. The van der Waals surface area contributed by atoms with E-state index in [4.69, 9.17) is 4.74 Å². The van der Waals surface area contributed by atoms with Crippen molar-refractivity contribution in [2.75, 3.05) is 19.6 Å². The van der Waals surface area contributed by atoms with Crippen LogP contribution in [0.4, 0.5) is 0 Å². The predicted octanol–water partition coefficient (Wildman–Crippen LogP) is 3.22. The molecule has 26 heavy (non-hydrogen) atoms. The lowest BCUT2D eigenvalue weighted by Crippen LogP contribution is -2.41. The summed E-state index contributed by atoms with van der Waals surface area (Å²) in [5, 5.41) is 7.45. The van der Waals surface area contributed by atoms with Gasteiger partial charge in [0.25, 0.3) is 0 Å². The highest BCUT2D eigenvalue weighted by Crippen LogP contribution is 2.55. The average Bonchev–Trinajstić information content (AvgIpc) is 3.44.